The molecule has 0 aliphatic heterocycles. The summed E-state index contributed by atoms with van der Waals surface area (Å²) in [6.07, 6.45) is -0.0920. The molecule has 0 fully saturated rings. The van der Waals surface area contributed by atoms with Crippen molar-refractivity contribution in [2.24, 2.45) is 0 Å². The Labute approximate surface area is 108 Å². The van der Waals surface area contributed by atoms with E-state index in [0.717, 1.165) is 0 Å². The molecule has 0 aromatic carbocycles. The van der Waals surface area contributed by atoms with Gasteiger partial charge in [-0.1, -0.05) is 0 Å². The Morgan fingerprint density at radius 2 is 1.94 bits per heavy atom. The van der Waals surface area contributed by atoms with E-state index in [9.17, 15) is 9.59 Å². The molecule has 0 aromatic rings. The third-order valence-electron chi connectivity index (χ3n) is 2.34. The van der Waals surface area contributed by atoms with E-state index in [4.69, 9.17) is 9.84 Å². The van der Waals surface area contributed by atoms with E-state index < -0.39 is 17.5 Å². The third-order valence-corrected chi connectivity index (χ3v) is 2.34. The van der Waals surface area contributed by atoms with E-state index in [0.29, 0.717) is 13.2 Å². The molecule has 0 rings (SSSR count). The first kappa shape index (κ1) is 16.7. The Kier molecular flexibility index (Phi) is 6.68. The van der Waals surface area contributed by atoms with Gasteiger partial charge in [0, 0.05) is 18.7 Å². The molecule has 0 saturated heterocycles. The molecule has 0 radical (unpaired) electrons. The minimum absolute atomic E-state index is 0.0920. The van der Waals surface area contributed by atoms with Crippen LogP contribution in [0.1, 0.15) is 34.6 Å². The zero-order chi connectivity index (χ0) is 14.3. The van der Waals surface area contributed by atoms with Crippen molar-refractivity contribution >= 4 is 12.0 Å². The molecule has 0 spiro atoms. The lowest BCUT2D eigenvalue weighted by atomic mass is 10.1. The molecule has 0 saturated carbocycles. The summed E-state index contributed by atoms with van der Waals surface area (Å²) >= 11 is 0. The lowest BCUT2D eigenvalue weighted by molar-refractivity contribution is -0.138. The van der Waals surface area contributed by atoms with Gasteiger partial charge < -0.3 is 20.1 Å². The third kappa shape index (κ3) is 6.44. The topological polar surface area (TPSA) is 78.9 Å². The molecule has 1 unspecified atom stereocenters. The molecule has 6 heteroatoms. The maximum absolute atomic E-state index is 11.9. The van der Waals surface area contributed by atoms with Gasteiger partial charge in [0.05, 0.1) is 6.10 Å². The Morgan fingerprint density at radius 1 is 1.39 bits per heavy atom. The fourth-order valence-corrected chi connectivity index (χ4v) is 1.42. The summed E-state index contributed by atoms with van der Waals surface area (Å²) in [5.41, 5.74) is -0.544. The SMILES string of the molecule is CCOC(C)CNC(=O)N(CC(=O)O)C(C)(C)C. The normalized spacial score (nSPS) is 12.9. The van der Waals surface area contributed by atoms with Gasteiger partial charge in [0.1, 0.15) is 6.54 Å². The molecule has 6 nitrogen and oxygen atoms in total. The molecule has 2 N–H and O–H groups in total. The first-order chi connectivity index (χ1) is 8.18. The second-order valence-electron chi connectivity index (χ2n) is 5.10. The molecular weight excluding hydrogens is 236 g/mol. The van der Waals surface area contributed by atoms with Crippen LogP contribution in [0.15, 0.2) is 0 Å². The van der Waals surface area contributed by atoms with Crippen molar-refractivity contribution in [3.05, 3.63) is 0 Å². The quantitative estimate of drug-likeness (QED) is 0.754. The number of amides is 2. The van der Waals surface area contributed by atoms with Crippen LogP contribution in [0.2, 0.25) is 0 Å². The highest BCUT2D eigenvalue weighted by molar-refractivity contribution is 5.80. The van der Waals surface area contributed by atoms with Gasteiger partial charge in [-0.25, -0.2) is 4.79 Å². The summed E-state index contributed by atoms with van der Waals surface area (Å²) in [7, 11) is 0. The molecule has 18 heavy (non-hydrogen) atoms. The van der Waals surface area contributed by atoms with Crippen molar-refractivity contribution in [1.29, 1.82) is 0 Å². The molecular formula is C12H24N2O4. The van der Waals surface area contributed by atoms with E-state index >= 15 is 0 Å². The van der Waals surface area contributed by atoms with E-state index in [-0.39, 0.29) is 12.6 Å². The summed E-state index contributed by atoms with van der Waals surface area (Å²) < 4.78 is 5.29. The van der Waals surface area contributed by atoms with Gasteiger partial charge in [-0.2, -0.15) is 0 Å². The Balaban J connectivity index is 4.44. The van der Waals surface area contributed by atoms with Crippen LogP contribution in [-0.4, -0.2) is 53.3 Å². The van der Waals surface area contributed by atoms with E-state index in [1.165, 1.54) is 4.90 Å². The Bertz CT molecular complexity index is 286. The van der Waals surface area contributed by atoms with Gasteiger partial charge in [-0.3, -0.25) is 4.79 Å². The monoisotopic (exact) mass is 260 g/mol. The number of ether oxygens (including phenoxy) is 1. The number of carbonyl (C=O) groups excluding carboxylic acids is 1. The second kappa shape index (κ2) is 7.20. The van der Waals surface area contributed by atoms with Gasteiger partial charge in [-0.05, 0) is 34.6 Å². The molecule has 0 aliphatic rings. The van der Waals surface area contributed by atoms with E-state index in [2.05, 4.69) is 5.32 Å². The zero-order valence-corrected chi connectivity index (χ0v) is 11.8. The first-order valence-electron chi connectivity index (χ1n) is 6.07. The van der Waals surface area contributed by atoms with Gasteiger partial charge >= 0.3 is 12.0 Å². The van der Waals surface area contributed by atoms with Crippen LogP contribution in [0.4, 0.5) is 4.79 Å². The fourth-order valence-electron chi connectivity index (χ4n) is 1.42. The highest BCUT2D eigenvalue weighted by Crippen LogP contribution is 2.12. The maximum atomic E-state index is 11.9. The van der Waals surface area contributed by atoms with Crippen LogP contribution in [0.25, 0.3) is 0 Å². The van der Waals surface area contributed by atoms with Gasteiger partial charge in [0.2, 0.25) is 0 Å². The lowest BCUT2D eigenvalue weighted by Gasteiger charge is -2.34. The largest absolute Gasteiger partial charge is 0.480 e. The summed E-state index contributed by atoms with van der Waals surface area (Å²) in [5.74, 6) is -1.03. The average Bonchev–Trinajstić information content (AvgIpc) is 2.21. The number of nitrogens with zero attached hydrogens (tertiary/aromatic N) is 1. The standard InChI is InChI=1S/C12H24N2O4/c1-6-18-9(2)7-13-11(17)14(8-10(15)16)12(3,4)5/h9H,6-8H2,1-5H3,(H,13,17)(H,15,16). The molecule has 1 atom stereocenters. The van der Waals surface area contributed by atoms with Gasteiger partial charge in [-0.15, -0.1) is 0 Å². The number of urea groups is 1. The van der Waals surface area contributed by atoms with Crippen molar-refractivity contribution in [1.82, 2.24) is 10.2 Å². The Morgan fingerprint density at radius 3 is 2.33 bits per heavy atom. The molecule has 0 heterocycles. The molecule has 0 bridgehead atoms. The number of hydrogen-bond acceptors (Lipinski definition) is 3. The Hall–Kier alpha value is -1.30. The van der Waals surface area contributed by atoms with Crippen LogP contribution in [0.3, 0.4) is 0 Å². The van der Waals surface area contributed by atoms with Gasteiger partial charge in [0.25, 0.3) is 0 Å². The van der Waals surface area contributed by atoms with Gasteiger partial charge in [0.15, 0.2) is 0 Å². The van der Waals surface area contributed by atoms with Crippen molar-refractivity contribution in [2.75, 3.05) is 19.7 Å². The molecule has 2 amide bonds. The number of rotatable bonds is 6. The average molecular weight is 260 g/mol. The smallest absolute Gasteiger partial charge is 0.323 e. The molecule has 0 aromatic heterocycles. The van der Waals surface area contributed by atoms with E-state index in [1.54, 1.807) is 20.8 Å². The summed E-state index contributed by atoms with van der Waals surface area (Å²) in [5, 5.41) is 11.5. The predicted molar refractivity (Wildman–Crippen MR) is 68.6 cm³/mol. The fraction of sp³-hybridized carbons (Fsp3) is 0.833. The maximum Gasteiger partial charge on any atom is 0.323 e. The van der Waals surface area contributed by atoms with Crippen LogP contribution in [-0.2, 0) is 9.53 Å². The molecule has 0 aliphatic carbocycles. The van der Waals surface area contributed by atoms with Crippen LogP contribution in [0.5, 0.6) is 0 Å². The predicted octanol–water partition coefficient (Wildman–Crippen LogP) is 1.31. The number of carboxylic acid groups (broad SMARTS) is 1. The first-order valence-corrected chi connectivity index (χ1v) is 6.07. The summed E-state index contributed by atoms with van der Waals surface area (Å²) in [6.45, 7) is 9.73. The minimum atomic E-state index is -1.03. The number of hydrogen-bond donors (Lipinski definition) is 2. The van der Waals surface area contributed by atoms with Crippen molar-refractivity contribution < 1.29 is 19.4 Å². The summed E-state index contributed by atoms with van der Waals surface area (Å²) in [6, 6.07) is -0.392. The lowest BCUT2D eigenvalue weighted by Crippen LogP contribution is -2.53. The van der Waals surface area contributed by atoms with E-state index in [1.807, 2.05) is 13.8 Å². The second-order valence-corrected chi connectivity index (χ2v) is 5.10. The number of carbonyl (C=O) groups is 2. The summed E-state index contributed by atoms with van der Waals surface area (Å²) in [4.78, 5) is 24.0. The van der Waals surface area contributed by atoms with Crippen LogP contribution in [0, 0.1) is 0 Å². The number of aliphatic carboxylic acids is 1. The highest BCUT2D eigenvalue weighted by atomic mass is 16.5. The highest BCUT2D eigenvalue weighted by Gasteiger charge is 2.28. The number of carboxylic acids is 1. The number of nitrogens with one attached hydrogen (secondary N) is 1. The molecule has 106 valence electrons. The van der Waals surface area contributed by atoms with Crippen molar-refractivity contribution in [3.63, 3.8) is 0 Å². The zero-order valence-electron chi connectivity index (χ0n) is 11.8. The van der Waals surface area contributed by atoms with Crippen molar-refractivity contribution in [2.45, 2.75) is 46.3 Å². The van der Waals surface area contributed by atoms with Crippen molar-refractivity contribution in [3.8, 4) is 0 Å². The van der Waals surface area contributed by atoms with Crippen LogP contribution < -0.4 is 5.32 Å². The van der Waals surface area contributed by atoms with Crippen LogP contribution >= 0.6 is 0 Å². The minimum Gasteiger partial charge on any atom is -0.480 e.